The van der Waals surface area contributed by atoms with Crippen molar-refractivity contribution in [3.8, 4) is 0 Å². The summed E-state index contributed by atoms with van der Waals surface area (Å²) in [4.78, 5) is 34.4. The first-order chi connectivity index (χ1) is 14.1. The average molecular weight is 395 g/mol. The topological polar surface area (TPSA) is 82.8 Å². The van der Waals surface area contributed by atoms with Gasteiger partial charge in [-0.25, -0.2) is 0 Å². The second-order valence-electron chi connectivity index (χ2n) is 7.58. The molecule has 0 aliphatic carbocycles. The van der Waals surface area contributed by atoms with Crippen LogP contribution in [-0.4, -0.2) is 64.9 Å². The molecule has 29 heavy (non-hydrogen) atoms. The number of carbonyl (C=O) groups is 1. The van der Waals surface area contributed by atoms with Gasteiger partial charge in [0.2, 0.25) is 0 Å². The number of nitro groups is 1. The minimum Gasteiger partial charge on any atom is -0.366 e. The first-order valence-electron chi connectivity index (χ1n) is 10.1. The molecule has 2 aliphatic heterocycles. The lowest BCUT2D eigenvalue weighted by atomic mass is 10.1. The predicted octanol–water partition coefficient (Wildman–Crippen LogP) is 2.55. The zero-order chi connectivity index (χ0) is 20.2. The van der Waals surface area contributed by atoms with Crippen molar-refractivity contribution in [1.29, 1.82) is 0 Å². The van der Waals surface area contributed by atoms with E-state index in [0.29, 0.717) is 24.3 Å². The lowest BCUT2D eigenvalue weighted by Crippen LogP contribution is -2.48. The van der Waals surface area contributed by atoms with E-state index in [0.717, 1.165) is 51.1 Å². The molecule has 2 saturated heterocycles. The van der Waals surface area contributed by atoms with E-state index in [9.17, 15) is 14.9 Å². The molecule has 0 N–H and O–H groups in total. The van der Waals surface area contributed by atoms with Crippen molar-refractivity contribution in [1.82, 2.24) is 14.8 Å². The van der Waals surface area contributed by atoms with Crippen LogP contribution in [0.2, 0.25) is 0 Å². The van der Waals surface area contributed by atoms with Gasteiger partial charge in [-0.15, -0.1) is 0 Å². The number of benzene rings is 1. The third-order valence-electron chi connectivity index (χ3n) is 5.65. The molecule has 152 valence electrons. The van der Waals surface area contributed by atoms with Crippen LogP contribution in [0, 0.1) is 10.1 Å². The Morgan fingerprint density at radius 1 is 1.07 bits per heavy atom. The lowest BCUT2D eigenvalue weighted by Gasteiger charge is -2.34. The van der Waals surface area contributed by atoms with Crippen LogP contribution in [0.1, 0.15) is 28.8 Å². The number of anilines is 1. The number of carbonyl (C=O) groups excluding carboxylic acids is 1. The molecule has 1 amide bonds. The van der Waals surface area contributed by atoms with Crippen molar-refractivity contribution in [2.75, 3.05) is 44.2 Å². The highest BCUT2D eigenvalue weighted by molar-refractivity contribution is 5.96. The molecule has 0 atom stereocenters. The van der Waals surface area contributed by atoms with Crippen LogP contribution >= 0.6 is 0 Å². The van der Waals surface area contributed by atoms with Gasteiger partial charge in [-0.3, -0.25) is 24.8 Å². The van der Waals surface area contributed by atoms with Crippen molar-refractivity contribution in [3.05, 3.63) is 64.0 Å². The molecule has 1 aromatic carbocycles. The summed E-state index contributed by atoms with van der Waals surface area (Å²) in [5.41, 5.74) is 2.18. The van der Waals surface area contributed by atoms with Crippen molar-refractivity contribution < 1.29 is 9.72 Å². The monoisotopic (exact) mass is 395 g/mol. The summed E-state index contributed by atoms with van der Waals surface area (Å²) in [7, 11) is 0. The van der Waals surface area contributed by atoms with E-state index in [2.05, 4.69) is 9.88 Å². The van der Waals surface area contributed by atoms with Crippen LogP contribution in [0.5, 0.6) is 0 Å². The minimum absolute atomic E-state index is 0.0213. The van der Waals surface area contributed by atoms with E-state index in [-0.39, 0.29) is 16.5 Å². The van der Waals surface area contributed by atoms with Gasteiger partial charge in [0.1, 0.15) is 5.69 Å². The Morgan fingerprint density at radius 2 is 1.83 bits per heavy atom. The van der Waals surface area contributed by atoms with Crippen LogP contribution in [0.15, 0.2) is 42.7 Å². The summed E-state index contributed by atoms with van der Waals surface area (Å²) < 4.78 is 0. The molecule has 1 aromatic heterocycles. The van der Waals surface area contributed by atoms with Gasteiger partial charge >= 0.3 is 0 Å². The molecule has 2 aliphatic rings. The number of rotatable bonds is 5. The third kappa shape index (κ3) is 4.37. The van der Waals surface area contributed by atoms with Gasteiger partial charge in [0.25, 0.3) is 11.6 Å². The SMILES string of the molecule is O=C(c1ccc(N2CCCC2)c([N+](=O)[O-])c1)N1CCN(Cc2cccnc2)CC1. The number of pyridine rings is 1. The van der Waals surface area contributed by atoms with E-state index in [1.54, 1.807) is 23.2 Å². The summed E-state index contributed by atoms with van der Waals surface area (Å²) >= 11 is 0. The summed E-state index contributed by atoms with van der Waals surface area (Å²) in [6.07, 6.45) is 5.70. The summed E-state index contributed by atoms with van der Waals surface area (Å²) in [6.45, 7) is 5.23. The fourth-order valence-corrected chi connectivity index (χ4v) is 4.07. The van der Waals surface area contributed by atoms with E-state index < -0.39 is 0 Å². The number of hydrogen-bond donors (Lipinski definition) is 0. The van der Waals surface area contributed by atoms with Gasteiger partial charge in [0.15, 0.2) is 0 Å². The Balaban J connectivity index is 1.42. The van der Waals surface area contributed by atoms with Crippen LogP contribution in [0.3, 0.4) is 0 Å². The zero-order valence-electron chi connectivity index (χ0n) is 16.4. The second kappa shape index (κ2) is 8.57. The maximum Gasteiger partial charge on any atom is 0.293 e. The fourth-order valence-electron chi connectivity index (χ4n) is 4.07. The normalized spacial score (nSPS) is 17.5. The molecule has 2 aromatic rings. The Labute approximate surface area is 169 Å². The molecule has 4 rings (SSSR count). The highest BCUT2D eigenvalue weighted by atomic mass is 16.6. The quantitative estimate of drug-likeness (QED) is 0.572. The number of nitrogens with zero attached hydrogens (tertiary/aromatic N) is 5. The van der Waals surface area contributed by atoms with Crippen LogP contribution in [0.4, 0.5) is 11.4 Å². The predicted molar refractivity (Wildman–Crippen MR) is 110 cm³/mol. The largest absolute Gasteiger partial charge is 0.366 e. The first-order valence-corrected chi connectivity index (χ1v) is 10.1. The third-order valence-corrected chi connectivity index (χ3v) is 5.65. The maximum atomic E-state index is 12.9. The molecule has 3 heterocycles. The van der Waals surface area contributed by atoms with Crippen molar-refractivity contribution in [3.63, 3.8) is 0 Å². The maximum absolute atomic E-state index is 12.9. The van der Waals surface area contributed by atoms with Gasteiger partial charge in [-0.1, -0.05) is 6.07 Å². The molecule has 8 nitrogen and oxygen atoms in total. The van der Waals surface area contributed by atoms with Crippen LogP contribution < -0.4 is 4.90 Å². The van der Waals surface area contributed by atoms with Crippen LogP contribution in [0.25, 0.3) is 0 Å². The van der Waals surface area contributed by atoms with Gasteiger partial charge < -0.3 is 9.80 Å². The lowest BCUT2D eigenvalue weighted by molar-refractivity contribution is -0.384. The Kier molecular flexibility index (Phi) is 5.71. The number of aromatic nitrogens is 1. The number of amides is 1. The van der Waals surface area contributed by atoms with Gasteiger partial charge in [-0.2, -0.15) is 0 Å². The first kappa shape index (κ1) is 19.3. The number of hydrogen-bond acceptors (Lipinski definition) is 6. The van der Waals surface area contributed by atoms with Gasteiger partial charge in [-0.05, 0) is 36.6 Å². The van der Waals surface area contributed by atoms with Gasteiger partial charge in [0.05, 0.1) is 4.92 Å². The molecule has 0 spiro atoms. The molecule has 0 unspecified atom stereocenters. The van der Waals surface area contributed by atoms with E-state index in [1.807, 2.05) is 23.2 Å². The van der Waals surface area contributed by atoms with E-state index in [1.165, 1.54) is 6.07 Å². The smallest absolute Gasteiger partial charge is 0.293 e. The Hall–Kier alpha value is -3.00. The molecule has 2 fully saturated rings. The van der Waals surface area contributed by atoms with E-state index in [4.69, 9.17) is 0 Å². The highest BCUT2D eigenvalue weighted by Crippen LogP contribution is 2.32. The molecule has 0 radical (unpaired) electrons. The molecule has 0 saturated carbocycles. The van der Waals surface area contributed by atoms with Crippen molar-refractivity contribution >= 4 is 17.3 Å². The second-order valence-corrected chi connectivity index (χ2v) is 7.58. The molecular weight excluding hydrogens is 370 g/mol. The zero-order valence-corrected chi connectivity index (χ0v) is 16.4. The standard InChI is InChI=1S/C21H25N5O3/c27-21(25-12-10-23(11-13-25)16-17-4-3-7-22-15-17)18-5-6-19(20(14-18)26(28)29)24-8-1-2-9-24/h3-7,14-15H,1-2,8-13,16H2. The van der Waals surface area contributed by atoms with E-state index >= 15 is 0 Å². The molecular formula is C21H25N5O3. The molecule has 8 heteroatoms. The summed E-state index contributed by atoms with van der Waals surface area (Å²) in [6, 6.07) is 8.87. The molecule has 0 bridgehead atoms. The number of piperazine rings is 1. The fraction of sp³-hybridized carbons (Fsp3) is 0.429. The Morgan fingerprint density at radius 3 is 2.48 bits per heavy atom. The number of nitro benzene ring substituents is 1. The highest BCUT2D eigenvalue weighted by Gasteiger charge is 2.27. The average Bonchev–Trinajstić information content (AvgIpc) is 3.29. The summed E-state index contributed by atoms with van der Waals surface area (Å²) in [5.74, 6) is -0.137. The van der Waals surface area contributed by atoms with Gasteiger partial charge in [0, 0.05) is 69.8 Å². The van der Waals surface area contributed by atoms with Crippen molar-refractivity contribution in [2.45, 2.75) is 19.4 Å². The van der Waals surface area contributed by atoms with Crippen LogP contribution in [-0.2, 0) is 6.54 Å². The minimum atomic E-state index is -0.379. The Bertz CT molecular complexity index is 875. The van der Waals surface area contributed by atoms with Crippen molar-refractivity contribution in [2.24, 2.45) is 0 Å². The summed E-state index contributed by atoms with van der Waals surface area (Å²) in [5, 5.41) is 11.6.